The van der Waals surface area contributed by atoms with Gasteiger partial charge in [0.25, 0.3) is 0 Å². The lowest BCUT2D eigenvalue weighted by Gasteiger charge is -2.21. The molecule has 0 aliphatic rings. The van der Waals surface area contributed by atoms with Gasteiger partial charge in [0.05, 0.1) is 0 Å². The fourth-order valence-electron chi connectivity index (χ4n) is 4.90. The second-order valence-electron chi connectivity index (χ2n) is 8.76. The minimum atomic E-state index is 0.134. The molecule has 0 spiro atoms. The molecule has 0 fully saturated rings. The number of aromatic hydroxyl groups is 2. The van der Waals surface area contributed by atoms with Gasteiger partial charge in [-0.15, -0.1) is 0 Å². The largest absolute Gasteiger partial charge is 0.507 e. The minimum absolute atomic E-state index is 0.134. The molecule has 2 N–H and O–H groups in total. The normalized spacial score (nSPS) is 11.3. The summed E-state index contributed by atoms with van der Waals surface area (Å²) in [6, 6.07) is 35.9. The third-order valence-electron chi connectivity index (χ3n) is 6.57. The van der Waals surface area contributed by atoms with E-state index in [2.05, 4.69) is 44.0 Å². The van der Waals surface area contributed by atoms with Crippen LogP contribution in [0, 0.1) is 0 Å². The fourth-order valence-corrected chi connectivity index (χ4v) is 5.62. The Morgan fingerprint density at radius 3 is 1.22 bits per heavy atom. The van der Waals surface area contributed by atoms with Crippen molar-refractivity contribution in [3.05, 3.63) is 118 Å². The molecule has 0 radical (unpaired) electrons. The van der Waals surface area contributed by atoms with Crippen molar-refractivity contribution >= 4 is 53.4 Å². The van der Waals surface area contributed by atoms with Crippen LogP contribution >= 0.6 is 31.9 Å². The highest BCUT2D eigenvalue weighted by Crippen LogP contribution is 2.52. The second kappa shape index (κ2) is 9.12. The van der Waals surface area contributed by atoms with E-state index in [-0.39, 0.29) is 11.5 Å². The first kappa shape index (κ1) is 22.8. The molecule has 0 aromatic heterocycles. The van der Waals surface area contributed by atoms with Gasteiger partial charge >= 0.3 is 0 Å². The maximum Gasteiger partial charge on any atom is 0.132 e. The van der Waals surface area contributed by atoms with Gasteiger partial charge in [0, 0.05) is 30.8 Å². The second-order valence-corrected chi connectivity index (χ2v) is 10.6. The number of benzene rings is 6. The zero-order valence-electron chi connectivity index (χ0n) is 19.0. The monoisotopic (exact) mass is 594 g/mol. The molecule has 4 heteroatoms. The first-order valence-corrected chi connectivity index (χ1v) is 13.1. The topological polar surface area (TPSA) is 40.5 Å². The van der Waals surface area contributed by atoms with E-state index >= 15 is 0 Å². The van der Waals surface area contributed by atoms with Gasteiger partial charge < -0.3 is 10.2 Å². The molecule has 0 amide bonds. The molecular weight excluding hydrogens is 576 g/mol. The summed E-state index contributed by atoms with van der Waals surface area (Å²) < 4.78 is 1.75. The molecular formula is C32H20Br2O2. The van der Waals surface area contributed by atoms with E-state index in [4.69, 9.17) is 0 Å². The Bertz CT molecular complexity index is 1630. The molecule has 0 saturated heterocycles. The molecule has 0 aliphatic carbocycles. The van der Waals surface area contributed by atoms with Crippen molar-refractivity contribution in [1.82, 2.24) is 0 Å². The van der Waals surface area contributed by atoms with Crippen LogP contribution in [0.5, 0.6) is 11.5 Å². The van der Waals surface area contributed by atoms with E-state index in [1.54, 1.807) is 0 Å². The number of phenolic OH excluding ortho intramolecular Hbond substituents is 2. The van der Waals surface area contributed by atoms with Crippen molar-refractivity contribution in [3.63, 3.8) is 0 Å². The zero-order valence-corrected chi connectivity index (χ0v) is 22.2. The van der Waals surface area contributed by atoms with Gasteiger partial charge in [-0.25, -0.2) is 0 Å². The van der Waals surface area contributed by atoms with Crippen molar-refractivity contribution in [2.45, 2.75) is 0 Å². The fraction of sp³-hybridized carbons (Fsp3) is 0. The van der Waals surface area contributed by atoms with Crippen molar-refractivity contribution < 1.29 is 10.2 Å². The summed E-state index contributed by atoms with van der Waals surface area (Å²) >= 11 is 7.10. The Hall–Kier alpha value is -3.60. The van der Waals surface area contributed by atoms with Crippen LogP contribution in [0.4, 0.5) is 0 Å². The predicted octanol–water partition coefficient (Wildman–Crippen LogP) is 9.93. The SMILES string of the molecule is Oc1c(-c2c(-c3ccccc3)cc3ccc(Br)cc3c2O)c(-c2ccccc2)cc2ccc(Br)cc12. The van der Waals surface area contributed by atoms with Crippen molar-refractivity contribution in [3.8, 4) is 44.9 Å². The van der Waals surface area contributed by atoms with Crippen molar-refractivity contribution in [2.24, 2.45) is 0 Å². The first-order valence-electron chi connectivity index (χ1n) is 11.5. The number of hydrogen-bond acceptors (Lipinski definition) is 2. The summed E-state index contributed by atoms with van der Waals surface area (Å²) in [5.41, 5.74) is 4.82. The van der Waals surface area contributed by atoms with E-state index in [9.17, 15) is 10.2 Å². The molecule has 6 aromatic rings. The molecule has 0 saturated carbocycles. The Morgan fingerprint density at radius 2 is 0.833 bits per heavy atom. The molecule has 0 bridgehead atoms. The molecule has 2 nitrogen and oxygen atoms in total. The summed E-state index contributed by atoms with van der Waals surface area (Å²) in [6.07, 6.45) is 0. The van der Waals surface area contributed by atoms with Crippen LogP contribution in [0.25, 0.3) is 54.9 Å². The van der Waals surface area contributed by atoms with Crippen molar-refractivity contribution in [1.29, 1.82) is 0 Å². The average molecular weight is 596 g/mol. The van der Waals surface area contributed by atoms with Gasteiger partial charge in [0.15, 0.2) is 0 Å². The van der Waals surface area contributed by atoms with Gasteiger partial charge in [-0.2, -0.15) is 0 Å². The van der Waals surface area contributed by atoms with Crippen LogP contribution < -0.4 is 0 Å². The van der Waals surface area contributed by atoms with Gasteiger partial charge in [0.2, 0.25) is 0 Å². The van der Waals surface area contributed by atoms with Crippen LogP contribution in [-0.4, -0.2) is 10.2 Å². The standard InChI is InChI=1S/C32H20Br2O2/c33-23-13-11-21-15-25(19-7-3-1-4-8-19)29(31(35)27(21)17-23)30-26(20-9-5-2-6-10-20)16-22-12-14-24(34)18-28(22)32(30)36/h1-18,35-36H. The molecule has 36 heavy (non-hydrogen) atoms. The highest BCUT2D eigenvalue weighted by molar-refractivity contribution is 9.10. The number of fused-ring (bicyclic) bond motifs is 2. The maximum atomic E-state index is 11.9. The molecule has 0 atom stereocenters. The molecule has 6 rings (SSSR count). The minimum Gasteiger partial charge on any atom is -0.507 e. The third kappa shape index (κ3) is 3.87. The number of halogens is 2. The Balaban J connectivity index is 1.82. The van der Waals surface area contributed by atoms with Crippen LogP contribution in [0.2, 0.25) is 0 Å². The summed E-state index contributed by atoms with van der Waals surface area (Å²) in [7, 11) is 0. The highest BCUT2D eigenvalue weighted by Gasteiger charge is 2.24. The van der Waals surface area contributed by atoms with Crippen molar-refractivity contribution in [2.75, 3.05) is 0 Å². The zero-order chi connectivity index (χ0) is 24.8. The lowest BCUT2D eigenvalue weighted by Crippen LogP contribution is -1.94. The van der Waals surface area contributed by atoms with Crippen LogP contribution in [0.3, 0.4) is 0 Å². The molecule has 0 unspecified atom stereocenters. The van der Waals surface area contributed by atoms with Gasteiger partial charge in [0.1, 0.15) is 11.5 Å². The van der Waals surface area contributed by atoms with E-state index in [1.807, 2.05) is 97.1 Å². The van der Waals surface area contributed by atoms with Crippen LogP contribution in [-0.2, 0) is 0 Å². The smallest absolute Gasteiger partial charge is 0.132 e. The Labute approximate surface area is 225 Å². The predicted molar refractivity (Wildman–Crippen MR) is 156 cm³/mol. The van der Waals surface area contributed by atoms with Gasteiger partial charge in [-0.05, 0) is 69.4 Å². The van der Waals surface area contributed by atoms with Crippen LogP contribution in [0.1, 0.15) is 0 Å². The summed E-state index contributed by atoms with van der Waals surface area (Å²) in [5, 5.41) is 27.0. The third-order valence-corrected chi connectivity index (χ3v) is 7.56. The summed E-state index contributed by atoms with van der Waals surface area (Å²) in [6.45, 7) is 0. The van der Waals surface area contributed by atoms with E-state index in [0.717, 1.165) is 42.0 Å². The summed E-state index contributed by atoms with van der Waals surface area (Å²) in [5.74, 6) is 0.268. The Kier molecular flexibility index (Phi) is 5.79. The average Bonchev–Trinajstić information content (AvgIpc) is 2.91. The molecule has 6 aromatic carbocycles. The Morgan fingerprint density at radius 1 is 0.444 bits per heavy atom. The molecule has 174 valence electrons. The van der Waals surface area contributed by atoms with Crippen LogP contribution in [0.15, 0.2) is 118 Å². The lowest BCUT2D eigenvalue weighted by atomic mass is 9.84. The lowest BCUT2D eigenvalue weighted by molar-refractivity contribution is 0.476. The molecule has 0 aliphatic heterocycles. The molecule has 0 heterocycles. The van der Waals surface area contributed by atoms with Gasteiger partial charge in [-0.1, -0.05) is 105 Å². The summed E-state index contributed by atoms with van der Waals surface area (Å²) in [4.78, 5) is 0. The number of rotatable bonds is 3. The van der Waals surface area contributed by atoms with E-state index in [0.29, 0.717) is 21.9 Å². The highest BCUT2D eigenvalue weighted by atomic mass is 79.9. The van der Waals surface area contributed by atoms with E-state index < -0.39 is 0 Å². The number of phenols is 2. The van der Waals surface area contributed by atoms with E-state index in [1.165, 1.54) is 0 Å². The van der Waals surface area contributed by atoms with Gasteiger partial charge in [-0.3, -0.25) is 0 Å². The quantitative estimate of drug-likeness (QED) is 0.214. The first-order chi connectivity index (χ1) is 17.5. The maximum absolute atomic E-state index is 11.9. The number of hydrogen-bond donors (Lipinski definition) is 2.